The molecule has 1 saturated heterocycles. The second-order valence-electron chi connectivity index (χ2n) is 10.7. The number of imidazole rings is 1. The van der Waals surface area contributed by atoms with Crippen LogP contribution in [0.1, 0.15) is 43.0 Å². The zero-order chi connectivity index (χ0) is 27.0. The maximum Gasteiger partial charge on any atom is 0.245 e. The van der Waals surface area contributed by atoms with E-state index in [9.17, 15) is 4.79 Å². The predicted molar refractivity (Wildman–Crippen MR) is 150 cm³/mol. The van der Waals surface area contributed by atoms with Gasteiger partial charge in [0.1, 0.15) is 17.8 Å². The molecule has 3 aromatic heterocycles. The van der Waals surface area contributed by atoms with E-state index in [2.05, 4.69) is 27.2 Å². The lowest BCUT2D eigenvalue weighted by Crippen LogP contribution is -2.35. The van der Waals surface area contributed by atoms with Crippen molar-refractivity contribution in [3.63, 3.8) is 0 Å². The molecular formula is C29H32ClN7O2. The third-order valence-electron chi connectivity index (χ3n) is 7.41. The van der Waals surface area contributed by atoms with Gasteiger partial charge in [-0.15, -0.1) is 0 Å². The maximum absolute atomic E-state index is 12.9. The fraction of sp³-hybridized carbons (Fsp3) is 0.414. The summed E-state index contributed by atoms with van der Waals surface area (Å²) >= 11 is 6.87. The van der Waals surface area contributed by atoms with Crippen LogP contribution >= 0.6 is 11.6 Å². The number of nitrogens with one attached hydrogen (secondary N) is 1. The van der Waals surface area contributed by atoms with E-state index in [-0.39, 0.29) is 11.5 Å². The van der Waals surface area contributed by atoms with E-state index in [0.717, 1.165) is 67.8 Å². The number of halogens is 1. The topological polar surface area (TPSA) is 98.1 Å². The summed E-state index contributed by atoms with van der Waals surface area (Å²) in [5, 5.41) is 3.86. The van der Waals surface area contributed by atoms with Gasteiger partial charge in [-0.2, -0.15) is 4.98 Å². The van der Waals surface area contributed by atoms with Crippen LogP contribution in [0.3, 0.4) is 0 Å². The summed E-state index contributed by atoms with van der Waals surface area (Å²) in [6, 6.07) is 9.78. The lowest BCUT2D eigenvalue weighted by molar-refractivity contribution is -0.130. The van der Waals surface area contributed by atoms with Crippen molar-refractivity contribution in [2.75, 3.05) is 26.2 Å². The third-order valence-corrected chi connectivity index (χ3v) is 7.72. The molecule has 9 nitrogen and oxygen atoms in total. The van der Waals surface area contributed by atoms with E-state index < -0.39 is 0 Å². The SMILES string of the molecule is Cc1ccnc(Cn2c(-c3ccc(CC(=O)N4CCCNCC4)cc3Cl)nc3c(OC4(C)CC4)ncnc32)c1. The summed E-state index contributed by atoms with van der Waals surface area (Å²) in [4.78, 5) is 33.4. The van der Waals surface area contributed by atoms with Gasteiger partial charge in [-0.05, 0) is 75.0 Å². The molecule has 0 unspecified atom stereocenters. The molecule has 1 aromatic carbocycles. The van der Waals surface area contributed by atoms with Crippen molar-refractivity contribution in [1.82, 2.24) is 34.7 Å². The average molecular weight is 546 g/mol. The van der Waals surface area contributed by atoms with Gasteiger partial charge in [-0.1, -0.05) is 17.7 Å². The van der Waals surface area contributed by atoms with Crippen molar-refractivity contribution < 1.29 is 9.53 Å². The Labute approximate surface area is 232 Å². The fourth-order valence-electron chi connectivity index (χ4n) is 4.94. The number of nitrogens with zero attached hydrogens (tertiary/aromatic N) is 6. The predicted octanol–water partition coefficient (Wildman–Crippen LogP) is 4.19. The van der Waals surface area contributed by atoms with Crippen LogP contribution in [0.25, 0.3) is 22.6 Å². The Morgan fingerprint density at radius 2 is 2.00 bits per heavy atom. The number of carbonyl (C=O) groups is 1. The van der Waals surface area contributed by atoms with Gasteiger partial charge in [0.05, 0.1) is 23.7 Å². The highest BCUT2D eigenvalue weighted by molar-refractivity contribution is 6.33. The quantitative estimate of drug-likeness (QED) is 0.372. The summed E-state index contributed by atoms with van der Waals surface area (Å²) in [5.41, 5.74) is 4.68. The zero-order valence-electron chi connectivity index (χ0n) is 22.3. The smallest absolute Gasteiger partial charge is 0.245 e. The molecule has 1 amide bonds. The fourth-order valence-corrected chi connectivity index (χ4v) is 5.22. The molecule has 39 heavy (non-hydrogen) atoms. The Balaban J connectivity index is 1.36. The van der Waals surface area contributed by atoms with Gasteiger partial charge in [0.25, 0.3) is 0 Å². The number of ether oxygens (including phenoxy) is 1. The molecule has 4 heterocycles. The molecule has 0 radical (unpaired) electrons. The van der Waals surface area contributed by atoms with Crippen molar-refractivity contribution >= 4 is 28.7 Å². The molecule has 1 N–H and O–H groups in total. The van der Waals surface area contributed by atoms with Gasteiger partial charge >= 0.3 is 0 Å². The molecule has 1 saturated carbocycles. The van der Waals surface area contributed by atoms with E-state index in [1.807, 2.05) is 46.7 Å². The Morgan fingerprint density at radius 3 is 2.79 bits per heavy atom. The van der Waals surface area contributed by atoms with E-state index in [1.54, 1.807) is 6.20 Å². The van der Waals surface area contributed by atoms with E-state index in [0.29, 0.717) is 40.9 Å². The molecular weight excluding hydrogens is 514 g/mol. The molecule has 6 rings (SSSR count). The highest BCUT2D eigenvalue weighted by Gasteiger charge is 2.41. The molecule has 0 bridgehead atoms. The summed E-state index contributed by atoms with van der Waals surface area (Å²) in [6.45, 7) is 7.85. The van der Waals surface area contributed by atoms with Gasteiger partial charge in [0, 0.05) is 31.4 Å². The Morgan fingerprint density at radius 1 is 1.13 bits per heavy atom. The first-order chi connectivity index (χ1) is 18.9. The summed E-state index contributed by atoms with van der Waals surface area (Å²) in [6.07, 6.45) is 6.57. The maximum atomic E-state index is 12.9. The van der Waals surface area contributed by atoms with Gasteiger partial charge in [0.2, 0.25) is 11.8 Å². The van der Waals surface area contributed by atoms with Gasteiger partial charge in [-0.25, -0.2) is 9.97 Å². The number of fused-ring (bicyclic) bond motifs is 1. The largest absolute Gasteiger partial charge is 0.470 e. The van der Waals surface area contributed by atoms with Gasteiger partial charge in [0.15, 0.2) is 11.2 Å². The van der Waals surface area contributed by atoms with Crippen LogP contribution in [0.4, 0.5) is 0 Å². The van der Waals surface area contributed by atoms with Gasteiger partial charge < -0.3 is 19.5 Å². The van der Waals surface area contributed by atoms with Crippen molar-refractivity contribution in [3.8, 4) is 17.3 Å². The number of benzene rings is 1. The average Bonchev–Trinajstić information content (AvgIpc) is 3.61. The molecule has 1 aliphatic heterocycles. The number of aryl methyl sites for hydroxylation is 1. The highest BCUT2D eigenvalue weighted by atomic mass is 35.5. The second-order valence-corrected chi connectivity index (χ2v) is 11.1. The monoisotopic (exact) mass is 545 g/mol. The molecule has 2 fully saturated rings. The van der Waals surface area contributed by atoms with Gasteiger partial charge in [-0.3, -0.25) is 9.78 Å². The Bertz CT molecular complexity index is 1520. The zero-order valence-corrected chi connectivity index (χ0v) is 23.0. The second kappa shape index (κ2) is 10.5. The molecule has 10 heteroatoms. The highest BCUT2D eigenvalue weighted by Crippen LogP contribution is 2.41. The molecule has 2 aliphatic rings. The third kappa shape index (κ3) is 5.60. The number of pyridine rings is 1. The lowest BCUT2D eigenvalue weighted by Gasteiger charge is -2.20. The van der Waals surface area contributed by atoms with Crippen LogP contribution in [0.2, 0.25) is 5.02 Å². The minimum atomic E-state index is -0.210. The van der Waals surface area contributed by atoms with Crippen LogP contribution < -0.4 is 10.1 Å². The lowest BCUT2D eigenvalue weighted by atomic mass is 10.1. The van der Waals surface area contributed by atoms with Crippen LogP contribution in [0, 0.1) is 6.92 Å². The number of amides is 1. The van der Waals surface area contributed by atoms with Crippen molar-refractivity contribution in [2.45, 2.75) is 51.7 Å². The molecule has 202 valence electrons. The standard InChI is InChI=1S/C29H32ClN7O2/c1-19-6-10-32-21(14-19)17-37-26(35-25-27(37)33-18-34-28(25)39-29(2)7-8-29)22-5-4-20(15-23(22)30)16-24(38)36-12-3-9-31-11-13-36/h4-6,10,14-15,18,31H,3,7-9,11-13,16-17H2,1-2H3. The van der Waals surface area contributed by atoms with Crippen LogP contribution in [-0.2, 0) is 17.8 Å². The van der Waals surface area contributed by atoms with Crippen molar-refractivity contribution in [1.29, 1.82) is 0 Å². The minimum Gasteiger partial charge on any atom is -0.470 e. The van der Waals surface area contributed by atoms with Crippen molar-refractivity contribution in [2.24, 2.45) is 0 Å². The molecule has 1 aliphatic carbocycles. The number of aromatic nitrogens is 5. The molecule has 4 aromatic rings. The van der Waals surface area contributed by atoms with Crippen molar-refractivity contribution in [3.05, 3.63) is 64.7 Å². The van der Waals surface area contributed by atoms with E-state index >= 15 is 0 Å². The Hall–Kier alpha value is -3.56. The first-order valence-corrected chi connectivity index (χ1v) is 13.9. The summed E-state index contributed by atoms with van der Waals surface area (Å²) < 4.78 is 8.25. The minimum absolute atomic E-state index is 0.117. The number of carbonyl (C=O) groups excluding carboxylic acids is 1. The summed E-state index contributed by atoms with van der Waals surface area (Å²) in [7, 11) is 0. The molecule has 0 atom stereocenters. The summed E-state index contributed by atoms with van der Waals surface area (Å²) in [5.74, 6) is 1.24. The molecule has 0 spiro atoms. The number of hydrogen-bond donors (Lipinski definition) is 1. The first-order valence-electron chi connectivity index (χ1n) is 13.5. The van der Waals surface area contributed by atoms with Crippen LogP contribution in [0.5, 0.6) is 5.88 Å². The van der Waals surface area contributed by atoms with Crippen LogP contribution in [0.15, 0.2) is 42.9 Å². The van der Waals surface area contributed by atoms with Crippen LogP contribution in [-0.4, -0.2) is 67.1 Å². The normalized spacial score (nSPS) is 16.7. The van der Waals surface area contributed by atoms with E-state index in [1.165, 1.54) is 6.33 Å². The number of rotatable bonds is 7. The van der Waals surface area contributed by atoms with E-state index in [4.69, 9.17) is 21.3 Å². The Kier molecular flexibility index (Phi) is 6.95. The number of hydrogen-bond acceptors (Lipinski definition) is 7. The first kappa shape index (κ1) is 25.7.